The molecule has 4 rings (SSSR count). The zero-order chi connectivity index (χ0) is 22.3. The maximum Gasteiger partial charge on any atom is 0.320 e. The van der Waals surface area contributed by atoms with Crippen LogP contribution in [0, 0.1) is 0 Å². The van der Waals surface area contributed by atoms with Crippen LogP contribution in [0.1, 0.15) is 5.56 Å². The molecule has 0 saturated heterocycles. The number of carbonyl (C=O) groups excluding carboxylic acids is 1. The van der Waals surface area contributed by atoms with E-state index < -0.39 is 0 Å². The average molecular weight is 464 g/mol. The zero-order valence-electron chi connectivity index (χ0n) is 16.8. The van der Waals surface area contributed by atoms with E-state index in [4.69, 9.17) is 23.2 Å². The highest BCUT2D eigenvalue weighted by Crippen LogP contribution is 2.25. The molecular formula is C24H19Cl2N5O. The molecule has 2 aromatic carbocycles. The molecule has 160 valence electrons. The standard InChI is InChI=1S/C24H19Cl2N5O/c25-20-7-6-16(12-21(20)26)15-29-24(32)31-23-14-18(9-11-28-23)17-8-10-27-22(13-17)30-19-4-2-1-3-5-19/h1-14H,15H2,(H,27,30)(H2,28,29,31,32). The number of halogens is 2. The van der Waals surface area contributed by atoms with E-state index in [0.717, 1.165) is 28.2 Å². The molecule has 2 amide bonds. The van der Waals surface area contributed by atoms with Gasteiger partial charge in [0.15, 0.2) is 0 Å². The molecule has 8 heteroatoms. The summed E-state index contributed by atoms with van der Waals surface area (Å²) in [7, 11) is 0. The second-order valence-corrected chi connectivity index (χ2v) is 7.72. The topological polar surface area (TPSA) is 78.9 Å². The van der Waals surface area contributed by atoms with Crippen LogP contribution in [0.5, 0.6) is 0 Å². The minimum Gasteiger partial charge on any atom is -0.340 e. The minimum absolute atomic E-state index is 0.307. The Labute approximate surface area is 195 Å². The van der Waals surface area contributed by atoms with Gasteiger partial charge in [-0.15, -0.1) is 0 Å². The van der Waals surface area contributed by atoms with Crippen molar-refractivity contribution in [3.63, 3.8) is 0 Å². The number of benzene rings is 2. The third-order valence-corrected chi connectivity index (χ3v) is 5.32. The van der Waals surface area contributed by atoms with Crippen molar-refractivity contribution in [3.05, 3.63) is 101 Å². The summed E-state index contributed by atoms with van der Waals surface area (Å²) in [6.07, 6.45) is 3.38. The Bertz CT molecular complexity index is 1230. The van der Waals surface area contributed by atoms with Gasteiger partial charge in [-0.2, -0.15) is 0 Å². The van der Waals surface area contributed by atoms with Gasteiger partial charge in [0, 0.05) is 24.6 Å². The van der Waals surface area contributed by atoms with Crippen LogP contribution in [0.15, 0.2) is 85.2 Å². The van der Waals surface area contributed by atoms with Crippen molar-refractivity contribution < 1.29 is 4.79 Å². The fourth-order valence-corrected chi connectivity index (χ4v) is 3.34. The second kappa shape index (κ2) is 10.1. The maximum atomic E-state index is 12.3. The average Bonchev–Trinajstić information content (AvgIpc) is 2.81. The molecule has 0 atom stereocenters. The van der Waals surface area contributed by atoms with Crippen LogP contribution in [-0.2, 0) is 6.54 Å². The van der Waals surface area contributed by atoms with Gasteiger partial charge < -0.3 is 10.6 Å². The van der Waals surface area contributed by atoms with Crippen LogP contribution < -0.4 is 16.0 Å². The number of urea groups is 1. The van der Waals surface area contributed by atoms with Crippen LogP contribution >= 0.6 is 23.2 Å². The Morgan fingerprint density at radius 3 is 2.19 bits per heavy atom. The Balaban J connectivity index is 1.41. The van der Waals surface area contributed by atoms with Gasteiger partial charge in [0.2, 0.25) is 0 Å². The molecule has 0 bridgehead atoms. The highest BCUT2D eigenvalue weighted by molar-refractivity contribution is 6.42. The third kappa shape index (κ3) is 5.75. The first-order valence-corrected chi connectivity index (χ1v) is 10.6. The number of pyridine rings is 2. The van der Waals surface area contributed by atoms with Gasteiger partial charge in [-0.3, -0.25) is 5.32 Å². The number of carbonyl (C=O) groups is 1. The van der Waals surface area contributed by atoms with Crippen molar-refractivity contribution in [1.82, 2.24) is 15.3 Å². The molecule has 0 radical (unpaired) electrons. The van der Waals surface area contributed by atoms with Crippen molar-refractivity contribution in [2.45, 2.75) is 6.54 Å². The predicted molar refractivity (Wildman–Crippen MR) is 130 cm³/mol. The highest BCUT2D eigenvalue weighted by atomic mass is 35.5. The number of anilines is 3. The van der Waals surface area contributed by atoms with Gasteiger partial charge in [0.25, 0.3) is 0 Å². The lowest BCUT2D eigenvalue weighted by molar-refractivity contribution is 0.251. The molecule has 0 aliphatic carbocycles. The largest absolute Gasteiger partial charge is 0.340 e. The molecule has 0 saturated carbocycles. The van der Waals surface area contributed by atoms with E-state index in [9.17, 15) is 4.79 Å². The molecule has 0 unspecified atom stereocenters. The first kappa shape index (κ1) is 21.6. The number of hydrogen-bond acceptors (Lipinski definition) is 4. The van der Waals surface area contributed by atoms with Crippen LogP contribution in [0.4, 0.5) is 22.1 Å². The number of nitrogens with zero attached hydrogens (tertiary/aromatic N) is 2. The molecule has 0 fully saturated rings. The minimum atomic E-state index is -0.373. The Hall–Kier alpha value is -3.61. The quantitative estimate of drug-likeness (QED) is 0.304. The molecule has 0 aliphatic rings. The summed E-state index contributed by atoms with van der Waals surface area (Å²) in [5, 5.41) is 9.72. The Morgan fingerprint density at radius 1 is 0.781 bits per heavy atom. The zero-order valence-corrected chi connectivity index (χ0v) is 18.4. The SMILES string of the molecule is O=C(NCc1ccc(Cl)c(Cl)c1)Nc1cc(-c2ccnc(Nc3ccccc3)c2)ccn1. The van der Waals surface area contributed by atoms with E-state index in [0.29, 0.717) is 22.4 Å². The molecule has 2 heterocycles. The first-order chi connectivity index (χ1) is 15.6. The van der Waals surface area contributed by atoms with Crippen LogP contribution in [0.2, 0.25) is 10.0 Å². The maximum absolute atomic E-state index is 12.3. The molecule has 0 spiro atoms. The van der Waals surface area contributed by atoms with E-state index >= 15 is 0 Å². The van der Waals surface area contributed by atoms with E-state index in [2.05, 4.69) is 25.9 Å². The fourth-order valence-electron chi connectivity index (χ4n) is 3.02. The van der Waals surface area contributed by atoms with Crippen LogP contribution in [0.3, 0.4) is 0 Å². The van der Waals surface area contributed by atoms with Crippen LogP contribution in [-0.4, -0.2) is 16.0 Å². The summed E-state index contributed by atoms with van der Waals surface area (Å²) in [4.78, 5) is 20.9. The summed E-state index contributed by atoms with van der Waals surface area (Å²) in [5.74, 6) is 1.16. The lowest BCUT2D eigenvalue weighted by Crippen LogP contribution is -2.28. The Kier molecular flexibility index (Phi) is 6.84. The fraction of sp³-hybridized carbons (Fsp3) is 0.0417. The summed E-state index contributed by atoms with van der Waals surface area (Å²) in [6.45, 7) is 0.307. The normalized spacial score (nSPS) is 10.4. The number of para-hydroxylation sites is 1. The molecule has 2 aromatic heterocycles. The lowest BCUT2D eigenvalue weighted by atomic mass is 10.1. The number of amides is 2. The highest BCUT2D eigenvalue weighted by Gasteiger charge is 2.07. The van der Waals surface area contributed by atoms with Gasteiger partial charge in [0.1, 0.15) is 11.6 Å². The van der Waals surface area contributed by atoms with Crippen molar-refractivity contribution in [2.75, 3.05) is 10.6 Å². The van der Waals surface area contributed by atoms with Gasteiger partial charge in [-0.05, 0) is 65.2 Å². The van der Waals surface area contributed by atoms with E-state index in [1.165, 1.54) is 0 Å². The van der Waals surface area contributed by atoms with Gasteiger partial charge in [-0.25, -0.2) is 14.8 Å². The third-order valence-electron chi connectivity index (χ3n) is 4.58. The first-order valence-electron chi connectivity index (χ1n) is 9.80. The van der Waals surface area contributed by atoms with Crippen LogP contribution in [0.25, 0.3) is 11.1 Å². The molecule has 3 N–H and O–H groups in total. The number of rotatable bonds is 6. The van der Waals surface area contributed by atoms with E-state index in [-0.39, 0.29) is 6.03 Å². The number of aromatic nitrogens is 2. The predicted octanol–water partition coefficient (Wildman–Crippen LogP) is 6.52. The van der Waals surface area contributed by atoms with Gasteiger partial charge in [-0.1, -0.05) is 47.5 Å². The van der Waals surface area contributed by atoms with Crippen molar-refractivity contribution in [1.29, 1.82) is 0 Å². The van der Waals surface area contributed by atoms with E-state index in [1.54, 1.807) is 36.7 Å². The Morgan fingerprint density at radius 2 is 1.47 bits per heavy atom. The number of hydrogen-bond donors (Lipinski definition) is 3. The van der Waals surface area contributed by atoms with E-state index in [1.807, 2.05) is 48.5 Å². The van der Waals surface area contributed by atoms with Gasteiger partial charge in [0.05, 0.1) is 10.0 Å². The smallest absolute Gasteiger partial charge is 0.320 e. The summed E-state index contributed by atoms with van der Waals surface area (Å²) in [5.41, 5.74) is 3.64. The summed E-state index contributed by atoms with van der Waals surface area (Å²) in [6, 6.07) is 22.2. The van der Waals surface area contributed by atoms with Gasteiger partial charge >= 0.3 is 6.03 Å². The lowest BCUT2D eigenvalue weighted by Gasteiger charge is -2.10. The number of nitrogens with one attached hydrogen (secondary N) is 3. The monoisotopic (exact) mass is 463 g/mol. The van der Waals surface area contributed by atoms with Crippen molar-refractivity contribution >= 4 is 46.6 Å². The summed E-state index contributed by atoms with van der Waals surface area (Å²) >= 11 is 11.9. The molecule has 32 heavy (non-hydrogen) atoms. The summed E-state index contributed by atoms with van der Waals surface area (Å²) < 4.78 is 0. The molecular weight excluding hydrogens is 445 g/mol. The van der Waals surface area contributed by atoms with Crippen molar-refractivity contribution in [2.24, 2.45) is 0 Å². The molecule has 6 nitrogen and oxygen atoms in total. The second-order valence-electron chi connectivity index (χ2n) is 6.91. The molecule has 0 aliphatic heterocycles. The molecule has 4 aromatic rings. The van der Waals surface area contributed by atoms with Crippen molar-refractivity contribution in [3.8, 4) is 11.1 Å².